The predicted octanol–water partition coefficient (Wildman–Crippen LogP) is 1.60. The highest BCUT2D eigenvalue weighted by Gasteiger charge is 2.29. The Balaban J connectivity index is 3.08. The summed E-state index contributed by atoms with van der Waals surface area (Å²) < 4.78 is 36.9. The van der Waals surface area contributed by atoms with E-state index in [1.165, 1.54) is 0 Å². The van der Waals surface area contributed by atoms with E-state index in [-0.39, 0.29) is 12.5 Å². The van der Waals surface area contributed by atoms with Crippen LogP contribution in [0.25, 0.3) is 0 Å². The van der Waals surface area contributed by atoms with Crippen LogP contribution in [0.4, 0.5) is 10.1 Å². The van der Waals surface area contributed by atoms with Gasteiger partial charge in [-0.25, -0.2) is 8.42 Å². The van der Waals surface area contributed by atoms with Crippen molar-refractivity contribution in [1.82, 2.24) is 4.89 Å². The van der Waals surface area contributed by atoms with Crippen LogP contribution in [0, 0.1) is 21.8 Å². The van der Waals surface area contributed by atoms with E-state index in [0.29, 0.717) is 0 Å². The smallest absolute Gasteiger partial charge is 0.287 e. The molecule has 0 radical (unpaired) electrons. The Hall–Kier alpha value is -1.58. The number of sulfonamides is 1. The van der Waals surface area contributed by atoms with E-state index in [1.54, 1.807) is 18.7 Å². The topological polar surface area (TPSA) is 98.5 Å². The lowest BCUT2D eigenvalue weighted by atomic mass is 10.2. The van der Waals surface area contributed by atoms with Gasteiger partial charge >= 0.3 is 5.69 Å². The third kappa shape index (κ3) is 3.94. The van der Waals surface area contributed by atoms with Crippen molar-refractivity contribution in [3.05, 3.63) is 34.1 Å². The zero-order valence-corrected chi connectivity index (χ0v) is 11.1. The van der Waals surface area contributed by atoms with Gasteiger partial charge in [0.2, 0.25) is 5.82 Å². The van der Waals surface area contributed by atoms with Crippen LogP contribution in [0.3, 0.4) is 0 Å². The minimum absolute atomic E-state index is 0.0604. The predicted molar refractivity (Wildman–Crippen MR) is 64.2 cm³/mol. The van der Waals surface area contributed by atoms with Gasteiger partial charge in [0.05, 0.1) is 11.5 Å². The second kappa shape index (κ2) is 6.04. The molecular weight excluding hydrogens is 279 g/mol. The van der Waals surface area contributed by atoms with Crippen LogP contribution < -0.4 is 4.89 Å². The van der Waals surface area contributed by atoms with Crippen LogP contribution in [0.5, 0.6) is 0 Å². The number of halogens is 1. The van der Waals surface area contributed by atoms with Crippen molar-refractivity contribution < 1.29 is 22.6 Å². The Labute approximate surface area is 109 Å². The second-order valence-corrected chi connectivity index (χ2v) is 5.75. The summed E-state index contributed by atoms with van der Waals surface area (Å²) in [6.45, 7) is 3.67. The number of nitrogens with zero attached hydrogens (tertiary/aromatic N) is 1. The summed E-state index contributed by atoms with van der Waals surface area (Å²) in [7, 11) is -4.31. The lowest BCUT2D eigenvalue weighted by Crippen LogP contribution is -2.26. The van der Waals surface area contributed by atoms with Gasteiger partial charge in [0, 0.05) is 0 Å². The number of nitro groups is 1. The summed E-state index contributed by atoms with van der Waals surface area (Å²) in [5, 5.41) is 10.7. The van der Waals surface area contributed by atoms with Crippen molar-refractivity contribution in [2.24, 2.45) is 5.92 Å². The highest BCUT2D eigenvalue weighted by Crippen LogP contribution is 2.26. The number of nitrogens with one attached hydrogen (secondary N) is 1. The molecule has 0 saturated carbocycles. The molecule has 19 heavy (non-hydrogen) atoms. The summed E-state index contributed by atoms with van der Waals surface area (Å²) in [5.41, 5.74) is -1.11. The van der Waals surface area contributed by atoms with E-state index >= 15 is 0 Å². The molecule has 0 spiro atoms. The monoisotopic (exact) mass is 292 g/mol. The van der Waals surface area contributed by atoms with Crippen molar-refractivity contribution in [3.63, 3.8) is 0 Å². The van der Waals surface area contributed by atoms with Crippen molar-refractivity contribution in [3.8, 4) is 0 Å². The fourth-order valence-corrected chi connectivity index (χ4v) is 2.21. The lowest BCUT2D eigenvalue weighted by Gasteiger charge is -2.09. The molecule has 0 saturated heterocycles. The van der Waals surface area contributed by atoms with Crippen LogP contribution in [-0.4, -0.2) is 19.9 Å². The lowest BCUT2D eigenvalue weighted by molar-refractivity contribution is -0.390. The van der Waals surface area contributed by atoms with Gasteiger partial charge in [-0.2, -0.15) is 4.39 Å². The molecular formula is C10H13FN2O5S. The third-order valence-corrected chi connectivity index (χ3v) is 3.25. The van der Waals surface area contributed by atoms with E-state index in [1.807, 2.05) is 0 Å². The molecule has 9 heteroatoms. The van der Waals surface area contributed by atoms with Crippen molar-refractivity contribution in [2.45, 2.75) is 18.7 Å². The maximum Gasteiger partial charge on any atom is 0.324 e. The van der Waals surface area contributed by atoms with E-state index in [0.717, 1.165) is 18.2 Å². The maximum absolute atomic E-state index is 13.3. The fourth-order valence-electron chi connectivity index (χ4n) is 1.21. The van der Waals surface area contributed by atoms with Gasteiger partial charge in [-0.15, -0.1) is 0 Å². The van der Waals surface area contributed by atoms with Gasteiger partial charge in [-0.05, 0) is 18.1 Å². The second-order valence-electron chi connectivity index (χ2n) is 4.14. The van der Waals surface area contributed by atoms with E-state index in [9.17, 15) is 22.9 Å². The van der Waals surface area contributed by atoms with Crippen molar-refractivity contribution in [1.29, 1.82) is 0 Å². The highest BCUT2D eigenvalue weighted by atomic mass is 32.2. The quantitative estimate of drug-likeness (QED) is 0.634. The zero-order valence-electron chi connectivity index (χ0n) is 10.3. The van der Waals surface area contributed by atoms with Crippen LogP contribution in [0.2, 0.25) is 0 Å². The maximum atomic E-state index is 13.3. The summed E-state index contributed by atoms with van der Waals surface area (Å²) in [6, 6.07) is 2.81. The number of rotatable bonds is 6. The molecule has 0 amide bonds. The molecule has 1 rings (SSSR count). The molecule has 0 unspecified atom stereocenters. The minimum atomic E-state index is -4.31. The molecule has 1 aromatic carbocycles. The molecule has 0 heterocycles. The number of hydrogen-bond donors (Lipinski definition) is 1. The van der Waals surface area contributed by atoms with E-state index in [2.05, 4.69) is 0 Å². The Morgan fingerprint density at radius 1 is 1.47 bits per heavy atom. The van der Waals surface area contributed by atoms with Gasteiger partial charge in [0.15, 0.2) is 4.90 Å². The largest absolute Gasteiger partial charge is 0.324 e. The molecule has 0 atom stereocenters. The molecule has 106 valence electrons. The number of para-hydroxylation sites is 1. The molecule has 7 nitrogen and oxygen atoms in total. The van der Waals surface area contributed by atoms with E-state index in [4.69, 9.17) is 4.84 Å². The third-order valence-electron chi connectivity index (χ3n) is 2.01. The van der Waals surface area contributed by atoms with Gasteiger partial charge in [-0.3, -0.25) is 15.0 Å². The standard InChI is InChI=1S/C10H13FN2O5S/c1-7(2)6-18-12-19(16,17)9-5-3-4-8(11)10(9)13(14)15/h3-5,7,12H,6H2,1-2H3. The number of hydrogen-bond acceptors (Lipinski definition) is 5. The average molecular weight is 292 g/mol. The molecule has 1 aromatic rings. The molecule has 0 aromatic heterocycles. The normalized spacial score (nSPS) is 11.8. The van der Waals surface area contributed by atoms with Crippen LogP contribution in [0.15, 0.2) is 23.1 Å². The molecule has 0 bridgehead atoms. The fraction of sp³-hybridized carbons (Fsp3) is 0.400. The number of benzene rings is 1. The highest BCUT2D eigenvalue weighted by molar-refractivity contribution is 7.89. The molecule has 1 N–H and O–H groups in total. The van der Waals surface area contributed by atoms with Crippen molar-refractivity contribution >= 4 is 15.7 Å². The first kappa shape index (κ1) is 15.5. The summed E-state index contributed by atoms with van der Waals surface area (Å²) in [6.07, 6.45) is 0. The van der Waals surface area contributed by atoms with E-state index < -0.39 is 31.3 Å². The van der Waals surface area contributed by atoms with Gasteiger partial charge in [0.1, 0.15) is 0 Å². The summed E-state index contributed by atoms with van der Waals surface area (Å²) in [4.78, 5) is 15.3. The van der Waals surface area contributed by atoms with Crippen molar-refractivity contribution in [2.75, 3.05) is 6.61 Å². The minimum Gasteiger partial charge on any atom is -0.287 e. The Morgan fingerprint density at radius 2 is 2.11 bits per heavy atom. The summed E-state index contributed by atoms with van der Waals surface area (Å²) >= 11 is 0. The van der Waals surface area contributed by atoms with Crippen LogP contribution in [0.1, 0.15) is 13.8 Å². The first-order valence-electron chi connectivity index (χ1n) is 5.32. The molecule has 0 aliphatic heterocycles. The first-order chi connectivity index (χ1) is 8.75. The average Bonchev–Trinajstić information content (AvgIpc) is 2.27. The van der Waals surface area contributed by atoms with Gasteiger partial charge < -0.3 is 0 Å². The molecule has 0 fully saturated rings. The molecule has 0 aliphatic carbocycles. The van der Waals surface area contributed by atoms with Gasteiger partial charge in [-0.1, -0.05) is 24.8 Å². The van der Waals surface area contributed by atoms with Gasteiger partial charge in [0.25, 0.3) is 10.0 Å². The van der Waals surface area contributed by atoms with Crippen LogP contribution in [-0.2, 0) is 14.9 Å². The zero-order chi connectivity index (χ0) is 14.6. The number of nitro benzene ring substituents is 1. The first-order valence-corrected chi connectivity index (χ1v) is 6.80. The Bertz CT molecular complexity index is 573. The Kier molecular flexibility index (Phi) is 4.92. The summed E-state index contributed by atoms with van der Waals surface area (Å²) in [5.74, 6) is -1.16. The molecule has 0 aliphatic rings. The van der Waals surface area contributed by atoms with Crippen LogP contribution >= 0.6 is 0 Å². The SMILES string of the molecule is CC(C)CONS(=O)(=O)c1cccc(F)c1[N+](=O)[O-]. The Morgan fingerprint density at radius 3 is 2.63 bits per heavy atom.